The van der Waals surface area contributed by atoms with Crippen molar-refractivity contribution in [3.63, 3.8) is 0 Å². The first-order valence-corrected chi connectivity index (χ1v) is 13.9. The normalized spacial score (nSPS) is 14.9. The van der Waals surface area contributed by atoms with Gasteiger partial charge >= 0.3 is 0 Å². The van der Waals surface area contributed by atoms with E-state index in [1.807, 2.05) is 0 Å². The van der Waals surface area contributed by atoms with Crippen LogP contribution in [0.5, 0.6) is 5.75 Å². The molecule has 1 amide bonds. The minimum atomic E-state index is -4.23. The van der Waals surface area contributed by atoms with E-state index in [1.54, 1.807) is 30.3 Å². The monoisotopic (exact) mass is 539 g/mol. The summed E-state index contributed by atoms with van der Waals surface area (Å²) in [5, 5.41) is 9.85. The number of nitrogens with zero attached hydrogens (tertiary/aromatic N) is 3. The second-order valence-corrected chi connectivity index (χ2v) is 11.9. The smallest absolute Gasteiger partial charge is 0.291 e. The van der Waals surface area contributed by atoms with Gasteiger partial charge in [0.05, 0.1) is 26.0 Å². The fourth-order valence-corrected chi connectivity index (χ4v) is 6.73. The number of morpholine rings is 1. The second kappa shape index (κ2) is 10.2. The lowest BCUT2D eigenvalue weighted by Gasteiger charge is -2.26. The van der Waals surface area contributed by atoms with Gasteiger partial charge in [-0.2, -0.15) is 12.7 Å². The number of amides is 1. The third-order valence-corrected chi connectivity index (χ3v) is 9.40. The van der Waals surface area contributed by atoms with Crippen LogP contribution in [0.2, 0.25) is 0 Å². The molecule has 0 aliphatic carbocycles. The van der Waals surface area contributed by atoms with Gasteiger partial charge in [-0.3, -0.25) is 14.8 Å². The molecule has 0 bridgehead atoms. The number of anilines is 2. The topological polar surface area (TPSA) is 157 Å². The predicted octanol–water partition coefficient (Wildman–Crippen LogP) is 1.62. The minimum absolute atomic E-state index is 0.00968. The molecule has 1 fully saturated rings. The molecule has 0 unspecified atom stereocenters. The van der Waals surface area contributed by atoms with Crippen molar-refractivity contribution < 1.29 is 31.1 Å². The lowest BCUT2D eigenvalue weighted by molar-refractivity contribution is 0.0729. The largest absolute Gasteiger partial charge is 0.495 e. The van der Waals surface area contributed by atoms with Crippen LogP contribution < -0.4 is 14.8 Å². The Kier molecular flexibility index (Phi) is 7.32. The predicted molar refractivity (Wildman–Crippen MR) is 128 cm³/mol. The van der Waals surface area contributed by atoms with Crippen LogP contribution in [-0.4, -0.2) is 70.7 Å². The highest BCUT2D eigenvalue weighted by Crippen LogP contribution is 2.31. The Morgan fingerprint density at radius 2 is 1.77 bits per heavy atom. The first-order chi connectivity index (χ1) is 16.7. The zero-order valence-electron chi connectivity index (χ0n) is 18.4. The van der Waals surface area contributed by atoms with Crippen molar-refractivity contribution in [2.45, 2.75) is 9.24 Å². The zero-order valence-corrected chi connectivity index (χ0v) is 20.8. The Balaban J connectivity index is 1.55. The zero-order chi connectivity index (χ0) is 25.1. The van der Waals surface area contributed by atoms with E-state index in [9.17, 15) is 21.6 Å². The van der Waals surface area contributed by atoms with E-state index in [0.29, 0.717) is 16.9 Å². The molecule has 3 aromatic rings. The Bertz CT molecular complexity index is 1420. The van der Waals surface area contributed by atoms with E-state index in [4.69, 9.17) is 9.47 Å². The number of rotatable bonds is 8. The summed E-state index contributed by atoms with van der Waals surface area (Å²) in [5.41, 5.74) is 0.361. The van der Waals surface area contributed by atoms with Crippen molar-refractivity contribution in [2.75, 3.05) is 43.5 Å². The maximum atomic E-state index is 13.1. The van der Waals surface area contributed by atoms with Gasteiger partial charge in [-0.1, -0.05) is 29.5 Å². The molecule has 15 heteroatoms. The van der Waals surface area contributed by atoms with Gasteiger partial charge in [-0.05, 0) is 30.3 Å². The third-order valence-electron chi connectivity index (χ3n) is 4.90. The molecule has 4 rings (SSSR count). The summed E-state index contributed by atoms with van der Waals surface area (Å²) in [6.45, 7) is 0.857. The first kappa shape index (κ1) is 25.0. The summed E-state index contributed by atoms with van der Waals surface area (Å²) >= 11 is 0.653. The summed E-state index contributed by atoms with van der Waals surface area (Å²) in [5.74, 6) is -0.395. The van der Waals surface area contributed by atoms with Gasteiger partial charge in [-0.15, -0.1) is 10.2 Å². The lowest BCUT2D eigenvalue weighted by Crippen LogP contribution is -2.40. The van der Waals surface area contributed by atoms with Crippen LogP contribution in [0.3, 0.4) is 0 Å². The fourth-order valence-electron chi connectivity index (χ4n) is 3.19. The highest BCUT2D eigenvalue weighted by molar-refractivity contribution is 7.94. The van der Waals surface area contributed by atoms with Crippen molar-refractivity contribution in [2.24, 2.45) is 0 Å². The molecule has 2 heterocycles. The molecule has 1 aliphatic rings. The number of benzene rings is 2. The van der Waals surface area contributed by atoms with E-state index in [1.165, 1.54) is 29.6 Å². The third kappa shape index (κ3) is 5.59. The van der Waals surface area contributed by atoms with Crippen LogP contribution >= 0.6 is 11.3 Å². The summed E-state index contributed by atoms with van der Waals surface area (Å²) in [6.07, 6.45) is 0. The van der Waals surface area contributed by atoms with Crippen LogP contribution in [0.15, 0.2) is 57.8 Å². The number of carbonyl (C=O) groups excluding carboxylic acids is 1. The minimum Gasteiger partial charge on any atom is -0.495 e. The number of ether oxygens (including phenoxy) is 2. The van der Waals surface area contributed by atoms with Crippen LogP contribution in [-0.2, 0) is 24.8 Å². The summed E-state index contributed by atoms with van der Waals surface area (Å²) in [7, 11) is -6.86. The molecule has 0 atom stereocenters. The summed E-state index contributed by atoms with van der Waals surface area (Å²) in [4.78, 5) is 12.1. The van der Waals surface area contributed by atoms with Crippen LogP contribution in [0.4, 0.5) is 10.8 Å². The molecule has 0 saturated carbocycles. The molecule has 1 aromatic heterocycles. The maximum Gasteiger partial charge on any atom is 0.291 e. The number of carbonyl (C=O) groups is 1. The van der Waals surface area contributed by atoms with Gasteiger partial charge in [0, 0.05) is 18.7 Å². The lowest BCUT2D eigenvalue weighted by atomic mass is 10.2. The SMILES string of the molecule is COc1ccc(NS(=O)(=O)c2nnc(NC(=O)c3ccccc3)s2)cc1S(=O)(=O)N1CCOCC1. The molecule has 12 nitrogen and oxygen atoms in total. The molecule has 2 aromatic carbocycles. The highest BCUT2D eigenvalue weighted by atomic mass is 32.2. The average Bonchev–Trinajstić information content (AvgIpc) is 3.34. The van der Waals surface area contributed by atoms with Crippen LogP contribution in [0.25, 0.3) is 0 Å². The fraction of sp³-hybridized carbons (Fsp3) is 0.250. The molecule has 1 aliphatic heterocycles. The van der Waals surface area contributed by atoms with Crippen LogP contribution in [0.1, 0.15) is 10.4 Å². The van der Waals surface area contributed by atoms with Crippen LogP contribution in [0, 0.1) is 0 Å². The van der Waals surface area contributed by atoms with E-state index in [2.05, 4.69) is 20.2 Å². The summed E-state index contributed by atoms with van der Waals surface area (Å²) in [6, 6.07) is 12.2. The first-order valence-electron chi connectivity index (χ1n) is 10.2. The van der Waals surface area contributed by atoms with Crippen molar-refractivity contribution in [3.05, 3.63) is 54.1 Å². The van der Waals surface area contributed by atoms with Crippen molar-refractivity contribution in [1.82, 2.24) is 14.5 Å². The average molecular weight is 540 g/mol. The number of hydrogen-bond acceptors (Lipinski definition) is 10. The molecule has 1 saturated heterocycles. The van der Waals surface area contributed by atoms with E-state index >= 15 is 0 Å². The Morgan fingerprint density at radius 3 is 2.46 bits per heavy atom. The van der Waals surface area contributed by atoms with E-state index < -0.39 is 30.3 Å². The number of methoxy groups -OCH3 is 1. The quantitative estimate of drug-likeness (QED) is 0.406. The molecule has 186 valence electrons. The standard InChI is InChI=1S/C20H21N5O7S3/c1-31-16-8-7-15(13-17(16)35(29,30)25-9-11-32-12-10-25)24-34(27,28)20-23-22-19(33-20)21-18(26)14-5-3-2-4-6-14/h2-8,13,24H,9-12H2,1H3,(H,21,22,26). The van der Waals surface area contributed by atoms with Gasteiger partial charge in [0.15, 0.2) is 0 Å². The molecule has 0 spiro atoms. The number of sulfonamides is 2. The molecule has 0 radical (unpaired) electrons. The van der Waals surface area contributed by atoms with Gasteiger partial charge in [0.1, 0.15) is 10.6 Å². The van der Waals surface area contributed by atoms with Gasteiger partial charge in [0.25, 0.3) is 20.3 Å². The van der Waals surface area contributed by atoms with Gasteiger partial charge < -0.3 is 9.47 Å². The second-order valence-electron chi connectivity index (χ2n) is 7.18. The molecular formula is C20H21N5O7S3. The Hall–Kier alpha value is -3.11. The summed E-state index contributed by atoms with van der Waals surface area (Å²) < 4.78 is 65.5. The number of hydrogen-bond donors (Lipinski definition) is 2. The van der Waals surface area contributed by atoms with Gasteiger partial charge in [0.2, 0.25) is 15.2 Å². The molecule has 2 N–H and O–H groups in total. The maximum absolute atomic E-state index is 13.1. The Labute approximate surface area is 206 Å². The molecular weight excluding hydrogens is 518 g/mol. The number of nitrogens with one attached hydrogen (secondary N) is 2. The van der Waals surface area contributed by atoms with Crippen molar-refractivity contribution >= 4 is 48.1 Å². The van der Waals surface area contributed by atoms with E-state index in [0.717, 1.165) is 0 Å². The Morgan fingerprint density at radius 1 is 1.06 bits per heavy atom. The van der Waals surface area contributed by atoms with Crippen molar-refractivity contribution in [3.8, 4) is 5.75 Å². The number of aromatic nitrogens is 2. The highest BCUT2D eigenvalue weighted by Gasteiger charge is 2.30. The van der Waals surface area contributed by atoms with E-state index in [-0.39, 0.29) is 47.8 Å². The van der Waals surface area contributed by atoms with Gasteiger partial charge in [-0.25, -0.2) is 8.42 Å². The molecule has 35 heavy (non-hydrogen) atoms. The van der Waals surface area contributed by atoms with Crippen molar-refractivity contribution in [1.29, 1.82) is 0 Å².